The number of esters is 1. The molecule has 6 atom stereocenters. The fourth-order valence-electron chi connectivity index (χ4n) is 4.03. The molecule has 6 N–H and O–H groups in total. The highest BCUT2D eigenvalue weighted by atomic mass is 31.2. The monoisotopic (exact) mass is 549 g/mol. The van der Waals surface area contributed by atoms with Crippen LogP contribution in [-0.4, -0.2) is 67.2 Å². The van der Waals surface area contributed by atoms with E-state index in [1.807, 2.05) is 0 Å². The van der Waals surface area contributed by atoms with Crippen molar-refractivity contribution in [3.63, 3.8) is 0 Å². The summed E-state index contributed by atoms with van der Waals surface area (Å²) in [6.07, 6.45) is -0.723. The van der Waals surface area contributed by atoms with Crippen LogP contribution in [0.15, 0.2) is 42.9 Å². The van der Waals surface area contributed by atoms with E-state index in [0.29, 0.717) is 11.2 Å². The number of benzene rings is 1. The van der Waals surface area contributed by atoms with Gasteiger partial charge in [0.15, 0.2) is 5.65 Å². The number of para-hydroxylation sites is 1. The summed E-state index contributed by atoms with van der Waals surface area (Å²) in [6.45, 7) is 6.10. The van der Waals surface area contributed by atoms with Crippen LogP contribution in [0.1, 0.15) is 39.4 Å². The minimum atomic E-state index is -4.18. The summed E-state index contributed by atoms with van der Waals surface area (Å²) in [6, 6.07) is 7.29. The Kier molecular flexibility index (Phi) is 8.02. The van der Waals surface area contributed by atoms with Crippen molar-refractivity contribution in [3.05, 3.63) is 48.4 Å². The molecule has 15 heteroatoms. The van der Waals surface area contributed by atoms with Gasteiger partial charge in [0.05, 0.1) is 24.4 Å². The van der Waals surface area contributed by atoms with Crippen molar-refractivity contribution in [3.8, 4) is 5.75 Å². The van der Waals surface area contributed by atoms with Crippen LogP contribution in [0.3, 0.4) is 0 Å². The van der Waals surface area contributed by atoms with E-state index in [9.17, 15) is 14.5 Å². The number of aromatic nitrogens is 4. The molecule has 0 bridgehead atoms. The number of aliphatic hydroxyl groups is 1. The normalized spacial score (nSPS) is 25.8. The van der Waals surface area contributed by atoms with Gasteiger partial charge in [0.2, 0.25) is 5.95 Å². The van der Waals surface area contributed by atoms with Crippen LogP contribution in [-0.2, 0) is 23.4 Å². The molecule has 14 nitrogen and oxygen atoms in total. The summed E-state index contributed by atoms with van der Waals surface area (Å²) >= 11 is 0. The second kappa shape index (κ2) is 10.9. The fourth-order valence-corrected chi connectivity index (χ4v) is 5.53. The van der Waals surface area contributed by atoms with Gasteiger partial charge in [-0.25, -0.2) is 14.5 Å². The number of rotatable bonds is 10. The number of anilines is 1. The van der Waals surface area contributed by atoms with Gasteiger partial charge in [0, 0.05) is 5.56 Å². The van der Waals surface area contributed by atoms with Crippen molar-refractivity contribution >= 4 is 25.3 Å². The van der Waals surface area contributed by atoms with E-state index >= 15 is 0 Å². The number of nitrogen functional groups attached to an aromatic ring is 1. The lowest BCUT2D eigenvalue weighted by Gasteiger charge is -2.27. The number of aliphatic hydroxyl groups excluding tert-OH is 1. The third-order valence-corrected chi connectivity index (χ3v) is 7.58. The largest absolute Gasteiger partial charge is 0.462 e. The maximum atomic E-state index is 13.8. The first-order valence-corrected chi connectivity index (χ1v) is 13.5. The van der Waals surface area contributed by atoms with Crippen molar-refractivity contribution in [2.75, 3.05) is 12.3 Å². The molecule has 1 fully saturated rings. The Bertz CT molecular complexity index is 1320. The van der Waals surface area contributed by atoms with Crippen LogP contribution in [0.5, 0.6) is 5.75 Å². The van der Waals surface area contributed by atoms with E-state index in [4.69, 9.17) is 30.0 Å². The molecule has 3 aromatic rings. The van der Waals surface area contributed by atoms with Crippen LogP contribution in [0.25, 0.3) is 5.65 Å². The van der Waals surface area contributed by atoms with Crippen LogP contribution >= 0.6 is 7.75 Å². The van der Waals surface area contributed by atoms with Crippen LogP contribution in [0.2, 0.25) is 0 Å². The SMILES string of the molecule is CC(C)OC(=O)[C@H](C)N[P@](=O)(OC[C@H]1O[C@@H](c2cnn3c(N)ncnc23)[C@](C)(N)[C@@H]1O)Oc1ccccc1. The van der Waals surface area contributed by atoms with E-state index in [0.717, 1.165) is 0 Å². The molecule has 0 spiro atoms. The first-order valence-electron chi connectivity index (χ1n) is 12.0. The summed E-state index contributed by atoms with van der Waals surface area (Å²) in [7, 11) is -4.18. The van der Waals surface area contributed by atoms with Gasteiger partial charge in [-0.05, 0) is 39.8 Å². The second-order valence-corrected chi connectivity index (χ2v) is 11.2. The Hall–Kier alpha value is -3.13. The number of carbonyl (C=O) groups is 1. The van der Waals surface area contributed by atoms with Crippen molar-refractivity contribution in [2.24, 2.45) is 5.73 Å². The minimum absolute atomic E-state index is 0.119. The molecular formula is C23H32N7O7P. The van der Waals surface area contributed by atoms with E-state index < -0.39 is 43.6 Å². The summed E-state index contributed by atoms with van der Waals surface area (Å²) < 4.78 is 37.7. The maximum Gasteiger partial charge on any atom is 0.459 e. The number of hydrogen-bond donors (Lipinski definition) is 4. The lowest BCUT2D eigenvalue weighted by molar-refractivity contribution is -0.149. The second-order valence-electron chi connectivity index (χ2n) is 9.47. The van der Waals surface area contributed by atoms with Crippen molar-refractivity contribution in [2.45, 2.75) is 63.7 Å². The third-order valence-electron chi connectivity index (χ3n) is 5.94. The molecule has 3 heterocycles. The number of fused-ring (bicyclic) bond motifs is 1. The molecule has 1 saturated heterocycles. The number of nitrogens with one attached hydrogen (secondary N) is 1. The molecule has 0 unspecified atom stereocenters. The maximum absolute atomic E-state index is 13.8. The predicted octanol–water partition coefficient (Wildman–Crippen LogP) is 1.36. The zero-order chi connectivity index (χ0) is 27.7. The number of nitrogens with zero attached hydrogens (tertiary/aromatic N) is 4. The van der Waals surface area contributed by atoms with Gasteiger partial charge in [-0.15, -0.1) is 0 Å². The molecular weight excluding hydrogens is 517 g/mol. The Balaban J connectivity index is 1.54. The standard InChI is InChI=1S/C23H32N7O7P/c1-13(2)35-21(32)14(3)29-38(33,37-15-8-6-5-7-9-15)34-11-17-18(31)23(4,25)19(36-17)16-10-28-30-20(16)26-12-27-22(30)24/h5-10,12-14,17-19,31H,11,25H2,1-4H3,(H,29,33)(H2,24,26,27)/t14-,17+,18+,19-,23+,38-/m0/s1. The first-order chi connectivity index (χ1) is 17.9. The number of ether oxygens (including phenoxy) is 2. The molecule has 2 aromatic heterocycles. The minimum Gasteiger partial charge on any atom is -0.462 e. The number of nitrogens with two attached hydrogens (primary N) is 2. The Labute approximate surface area is 219 Å². The number of hydrogen-bond acceptors (Lipinski definition) is 12. The van der Waals surface area contributed by atoms with Crippen molar-refractivity contribution in [1.82, 2.24) is 24.7 Å². The van der Waals surface area contributed by atoms with Gasteiger partial charge < -0.3 is 30.6 Å². The van der Waals surface area contributed by atoms with E-state index in [2.05, 4.69) is 20.2 Å². The summed E-state index contributed by atoms with van der Waals surface area (Å²) in [4.78, 5) is 20.5. The van der Waals surface area contributed by atoms with Gasteiger partial charge in [-0.3, -0.25) is 9.32 Å². The molecule has 1 aliphatic rings. The van der Waals surface area contributed by atoms with Crippen LogP contribution in [0, 0.1) is 0 Å². The molecule has 1 aliphatic heterocycles. The zero-order valence-corrected chi connectivity index (χ0v) is 22.3. The van der Waals surface area contributed by atoms with E-state index in [1.54, 1.807) is 51.1 Å². The van der Waals surface area contributed by atoms with Gasteiger partial charge >= 0.3 is 13.7 Å². The average molecular weight is 550 g/mol. The fraction of sp³-hybridized carbons (Fsp3) is 0.478. The Morgan fingerprint density at radius 2 is 2.00 bits per heavy atom. The Morgan fingerprint density at radius 1 is 1.29 bits per heavy atom. The molecule has 0 saturated carbocycles. The molecule has 1 aromatic carbocycles. The topological polar surface area (TPSA) is 198 Å². The summed E-state index contributed by atoms with van der Waals surface area (Å²) in [5.74, 6) is -0.277. The third kappa shape index (κ3) is 5.80. The predicted molar refractivity (Wildman–Crippen MR) is 136 cm³/mol. The summed E-state index contributed by atoms with van der Waals surface area (Å²) in [5, 5.41) is 17.8. The van der Waals surface area contributed by atoms with E-state index in [-0.39, 0.29) is 24.4 Å². The lowest BCUT2D eigenvalue weighted by atomic mass is 9.87. The molecule has 0 aliphatic carbocycles. The molecule has 0 radical (unpaired) electrons. The van der Waals surface area contributed by atoms with E-state index in [1.165, 1.54) is 24.0 Å². The Morgan fingerprint density at radius 3 is 2.68 bits per heavy atom. The highest BCUT2D eigenvalue weighted by Crippen LogP contribution is 2.47. The smallest absolute Gasteiger partial charge is 0.459 e. The summed E-state index contributed by atoms with van der Waals surface area (Å²) in [5.41, 5.74) is 11.9. The zero-order valence-electron chi connectivity index (χ0n) is 21.4. The molecule has 4 rings (SSSR count). The molecule has 206 valence electrons. The average Bonchev–Trinajstić information content (AvgIpc) is 3.37. The van der Waals surface area contributed by atoms with Gasteiger partial charge in [0.25, 0.3) is 0 Å². The van der Waals surface area contributed by atoms with Gasteiger partial charge in [-0.1, -0.05) is 18.2 Å². The van der Waals surface area contributed by atoms with Crippen LogP contribution in [0.4, 0.5) is 5.95 Å². The van der Waals surface area contributed by atoms with Crippen molar-refractivity contribution in [1.29, 1.82) is 0 Å². The first kappa shape index (κ1) is 27.9. The van der Waals surface area contributed by atoms with Crippen molar-refractivity contribution < 1.29 is 33.0 Å². The number of carbonyl (C=O) groups excluding carboxylic acids is 1. The molecule has 0 amide bonds. The molecule has 38 heavy (non-hydrogen) atoms. The highest BCUT2D eigenvalue weighted by molar-refractivity contribution is 7.52. The van der Waals surface area contributed by atoms with Crippen LogP contribution < -0.4 is 21.1 Å². The highest BCUT2D eigenvalue weighted by Gasteiger charge is 2.53. The van der Waals surface area contributed by atoms with Gasteiger partial charge in [0.1, 0.15) is 36.4 Å². The van der Waals surface area contributed by atoms with Gasteiger partial charge in [-0.2, -0.15) is 14.7 Å². The quantitative estimate of drug-likeness (QED) is 0.209. The lowest BCUT2D eigenvalue weighted by Crippen LogP contribution is -2.51.